The average Bonchev–Trinajstić information content (AvgIpc) is 3.03. The molecule has 0 saturated heterocycles. The zero-order valence-electron chi connectivity index (χ0n) is 30.4. The van der Waals surface area contributed by atoms with Gasteiger partial charge in [-0.1, -0.05) is 0 Å². The van der Waals surface area contributed by atoms with Crippen LogP contribution in [-0.2, 0) is 66.5 Å². The average molecular weight is 710 g/mol. The van der Waals surface area contributed by atoms with Crippen molar-refractivity contribution in [2.75, 3.05) is 125 Å². The zero-order chi connectivity index (χ0) is 36.3. The Hall–Kier alpha value is -2.08. The van der Waals surface area contributed by atoms with E-state index in [0.717, 1.165) is 0 Å². The maximum atomic E-state index is 12.0. The zero-order valence-corrected chi connectivity index (χ0v) is 30.4. The highest BCUT2D eigenvalue weighted by Gasteiger charge is 2.15. The van der Waals surface area contributed by atoms with E-state index in [1.54, 1.807) is 0 Å². The second kappa shape index (κ2) is 34.4. The molecule has 0 bridgehead atoms. The second-order valence-corrected chi connectivity index (χ2v) is 11.8. The summed E-state index contributed by atoms with van der Waals surface area (Å²) in [7, 11) is 0. The van der Waals surface area contributed by atoms with E-state index in [9.17, 15) is 19.2 Å². The highest BCUT2D eigenvalue weighted by Crippen LogP contribution is 2.08. The molecule has 0 aliphatic rings. The third-order valence-corrected chi connectivity index (χ3v) is 6.01. The van der Waals surface area contributed by atoms with Crippen molar-refractivity contribution < 1.29 is 66.5 Å². The molecule has 0 spiro atoms. The normalized spacial score (nSPS) is 11.5. The first kappa shape index (κ1) is 46.9. The van der Waals surface area contributed by atoms with Crippen LogP contribution in [0.4, 0.5) is 0 Å². The molecule has 0 saturated carbocycles. The molecule has 0 aromatic carbocycles. The topological polar surface area (TPSA) is 173 Å². The van der Waals surface area contributed by atoms with Gasteiger partial charge in [0.05, 0.1) is 119 Å². The van der Waals surface area contributed by atoms with E-state index in [0.29, 0.717) is 151 Å². The van der Waals surface area contributed by atoms with Crippen LogP contribution in [0.25, 0.3) is 0 Å². The predicted molar refractivity (Wildman–Crippen MR) is 180 cm³/mol. The predicted octanol–water partition coefficient (Wildman–Crippen LogP) is 2.09. The minimum atomic E-state index is -0.490. The Balaban J connectivity index is 3.29. The Morgan fingerprint density at radius 1 is 0.449 bits per heavy atom. The molecule has 15 nitrogen and oxygen atoms in total. The Morgan fingerprint density at radius 2 is 0.837 bits per heavy atom. The van der Waals surface area contributed by atoms with Gasteiger partial charge in [0.1, 0.15) is 17.2 Å². The fraction of sp³-hybridized carbons (Fsp3) is 0.882. The van der Waals surface area contributed by atoms with Gasteiger partial charge in [-0.15, -0.1) is 0 Å². The molecule has 0 aliphatic carbocycles. The van der Waals surface area contributed by atoms with Crippen molar-refractivity contribution in [3.8, 4) is 0 Å². The molecule has 0 aliphatic heterocycles. The van der Waals surface area contributed by atoms with E-state index >= 15 is 0 Å². The van der Waals surface area contributed by atoms with Crippen molar-refractivity contribution >= 4 is 23.4 Å². The van der Waals surface area contributed by atoms with Crippen LogP contribution in [-0.4, -0.2) is 155 Å². The van der Waals surface area contributed by atoms with Crippen LogP contribution < -0.4 is 5.32 Å². The van der Waals surface area contributed by atoms with Gasteiger partial charge in [-0.05, 0) is 34.1 Å². The van der Waals surface area contributed by atoms with Gasteiger partial charge in [-0.3, -0.25) is 19.2 Å². The smallest absolute Gasteiger partial charge is 0.308 e. The van der Waals surface area contributed by atoms with Gasteiger partial charge in [-0.25, -0.2) is 0 Å². The number of hydrogen-bond donors (Lipinski definition) is 1. The first-order chi connectivity index (χ1) is 23.6. The summed E-state index contributed by atoms with van der Waals surface area (Å²) in [5.41, 5.74) is -0.490. The molecule has 0 atom stereocenters. The molecular formula is C34H63NO14. The third kappa shape index (κ3) is 40.2. The Bertz CT molecular complexity index is 821. The number of ether oxygens (including phenoxy) is 10. The highest BCUT2D eigenvalue weighted by molar-refractivity contribution is 5.78. The lowest BCUT2D eigenvalue weighted by Crippen LogP contribution is -2.28. The van der Waals surface area contributed by atoms with Crippen molar-refractivity contribution in [1.29, 1.82) is 0 Å². The molecule has 288 valence electrons. The van der Waals surface area contributed by atoms with Crippen LogP contribution in [0.2, 0.25) is 0 Å². The van der Waals surface area contributed by atoms with E-state index < -0.39 is 5.60 Å². The minimum Gasteiger partial charge on any atom is -0.460 e. The molecule has 49 heavy (non-hydrogen) atoms. The second-order valence-electron chi connectivity index (χ2n) is 11.8. The number of nitrogens with one attached hydrogen (secondary N) is 1. The van der Waals surface area contributed by atoms with Crippen molar-refractivity contribution in [2.45, 2.75) is 71.8 Å². The first-order valence-electron chi connectivity index (χ1n) is 17.3. The maximum absolute atomic E-state index is 12.0. The number of carbonyl (C=O) groups is 4. The Kier molecular flexibility index (Phi) is 32.9. The van der Waals surface area contributed by atoms with Gasteiger partial charge in [0.2, 0.25) is 5.91 Å². The van der Waals surface area contributed by atoms with Gasteiger partial charge in [-0.2, -0.15) is 0 Å². The van der Waals surface area contributed by atoms with Crippen LogP contribution in [0.1, 0.15) is 66.2 Å². The molecule has 0 rings (SSSR count). The lowest BCUT2D eigenvalue weighted by atomic mass is 10.2. The fourth-order valence-corrected chi connectivity index (χ4v) is 3.59. The molecule has 0 unspecified atom stereocenters. The summed E-state index contributed by atoms with van der Waals surface area (Å²) in [6, 6.07) is 0. The molecular weight excluding hydrogens is 646 g/mol. The Morgan fingerprint density at radius 3 is 1.31 bits per heavy atom. The van der Waals surface area contributed by atoms with E-state index in [1.807, 2.05) is 20.8 Å². The number of esters is 1. The van der Waals surface area contributed by atoms with Gasteiger partial charge in [0.15, 0.2) is 0 Å². The van der Waals surface area contributed by atoms with E-state index in [-0.39, 0.29) is 36.3 Å². The molecule has 0 radical (unpaired) electrons. The quantitative estimate of drug-likeness (QED) is 0.0734. The number of amides is 1. The van der Waals surface area contributed by atoms with Crippen molar-refractivity contribution in [2.24, 2.45) is 0 Å². The lowest BCUT2D eigenvalue weighted by Gasteiger charge is -2.19. The van der Waals surface area contributed by atoms with E-state index in [1.165, 1.54) is 6.92 Å². The molecule has 15 heteroatoms. The van der Waals surface area contributed by atoms with Gasteiger partial charge >= 0.3 is 5.97 Å². The minimum absolute atomic E-state index is 0.103. The van der Waals surface area contributed by atoms with Crippen LogP contribution >= 0.6 is 0 Å². The van der Waals surface area contributed by atoms with Gasteiger partial charge < -0.3 is 52.7 Å². The molecule has 0 heterocycles. The molecule has 1 amide bonds. The monoisotopic (exact) mass is 709 g/mol. The first-order valence-corrected chi connectivity index (χ1v) is 17.3. The number of carbonyl (C=O) groups excluding carboxylic acids is 4. The lowest BCUT2D eigenvalue weighted by molar-refractivity contribution is -0.156. The maximum Gasteiger partial charge on any atom is 0.308 e. The summed E-state index contributed by atoms with van der Waals surface area (Å²) in [5.74, 6) is -0.167. The van der Waals surface area contributed by atoms with E-state index in [2.05, 4.69) is 5.32 Å². The van der Waals surface area contributed by atoms with Crippen molar-refractivity contribution in [3.63, 3.8) is 0 Å². The molecule has 0 fully saturated rings. The fourth-order valence-electron chi connectivity index (χ4n) is 3.59. The number of hydrogen-bond acceptors (Lipinski definition) is 14. The third-order valence-electron chi connectivity index (χ3n) is 6.01. The molecule has 1 N–H and O–H groups in total. The highest BCUT2D eigenvalue weighted by atomic mass is 16.6. The van der Waals surface area contributed by atoms with Gasteiger partial charge in [0.25, 0.3) is 0 Å². The van der Waals surface area contributed by atoms with Crippen LogP contribution in [0.15, 0.2) is 0 Å². The number of Topliss-reactive ketones (excluding diaryl/α,β-unsaturated/α-hetero) is 2. The largest absolute Gasteiger partial charge is 0.460 e. The van der Waals surface area contributed by atoms with Crippen molar-refractivity contribution in [1.82, 2.24) is 5.32 Å². The number of ketones is 2. The summed E-state index contributed by atoms with van der Waals surface area (Å²) in [4.78, 5) is 46.1. The van der Waals surface area contributed by atoms with Crippen molar-refractivity contribution in [3.05, 3.63) is 0 Å². The molecule has 0 aromatic heterocycles. The van der Waals surface area contributed by atoms with Crippen LogP contribution in [0, 0.1) is 0 Å². The van der Waals surface area contributed by atoms with Crippen LogP contribution in [0.5, 0.6) is 0 Å². The molecule has 0 aromatic rings. The van der Waals surface area contributed by atoms with E-state index in [4.69, 9.17) is 47.4 Å². The standard InChI is InChI=1S/C34H63NO14/c1-30(36)7-13-41-19-25-48-29-23-45-17-11-35-32(38)9-15-43-21-27-47-26-20-42-14-8-31(37)6-5-12-40-18-24-46-28-22-44-16-10-33(39)49-34(2,3)4/h5-29H2,1-4H3,(H,35,38). The van der Waals surface area contributed by atoms with Gasteiger partial charge in [0, 0.05) is 38.8 Å². The summed E-state index contributed by atoms with van der Waals surface area (Å²) in [6.07, 6.45) is 2.31. The Labute approximate surface area is 292 Å². The summed E-state index contributed by atoms with van der Waals surface area (Å²) < 4.78 is 53.8. The summed E-state index contributed by atoms with van der Waals surface area (Å²) in [6.45, 7) is 14.6. The number of rotatable bonds is 37. The van der Waals surface area contributed by atoms with Crippen LogP contribution in [0.3, 0.4) is 0 Å². The SMILES string of the molecule is CC(=O)CCOCCOCCOCCNC(=O)CCOCCOCCOCCC(=O)CCCOCCOCCOCCC(=O)OC(C)(C)C. The summed E-state index contributed by atoms with van der Waals surface area (Å²) >= 11 is 0. The summed E-state index contributed by atoms with van der Waals surface area (Å²) in [5, 5.41) is 2.76.